The van der Waals surface area contributed by atoms with Crippen molar-refractivity contribution in [2.75, 3.05) is 6.61 Å². The lowest BCUT2D eigenvalue weighted by Crippen LogP contribution is -2.46. The molecule has 5 atom stereocenters. The summed E-state index contributed by atoms with van der Waals surface area (Å²) in [6.45, 7) is 23.0. The molecule has 0 aliphatic carbocycles. The third-order valence-electron chi connectivity index (χ3n) is 9.09. The maximum Gasteiger partial charge on any atom is 0.338 e. The molecule has 1 saturated heterocycles. The molecule has 0 spiro atoms. The van der Waals surface area contributed by atoms with Gasteiger partial charge in [-0.25, -0.2) is 4.79 Å². The lowest BCUT2D eigenvalue weighted by atomic mass is 9.91. The van der Waals surface area contributed by atoms with Crippen LogP contribution in [0.3, 0.4) is 0 Å². The molecule has 8 heteroatoms. The summed E-state index contributed by atoms with van der Waals surface area (Å²) in [5, 5.41) is 3.15. The molecule has 2 aromatic rings. The van der Waals surface area contributed by atoms with Crippen LogP contribution in [0.4, 0.5) is 0 Å². The van der Waals surface area contributed by atoms with E-state index < -0.39 is 26.2 Å². The number of hydrogen-bond acceptors (Lipinski definition) is 6. The van der Waals surface area contributed by atoms with Gasteiger partial charge in [-0.15, -0.1) is 13.2 Å². The van der Waals surface area contributed by atoms with Gasteiger partial charge < -0.3 is 24.0 Å². The largest absolute Gasteiger partial charge is 0.458 e. The molecule has 1 amide bonds. The Morgan fingerprint density at radius 1 is 1.07 bits per heavy atom. The van der Waals surface area contributed by atoms with Crippen LogP contribution in [-0.4, -0.2) is 50.7 Å². The summed E-state index contributed by atoms with van der Waals surface area (Å²) < 4.78 is 25.1. The lowest BCUT2D eigenvalue weighted by Gasteiger charge is -2.40. The Labute approximate surface area is 277 Å². The molecule has 46 heavy (non-hydrogen) atoms. The maximum atomic E-state index is 13.6. The number of nitrogens with one attached hydrogen (secondary N) is 1. The van der Waals surface area contributed by atoms with E-state index in [9.17, 15) is 9.59 Å². The van der Waals surface area contributed by atoms with Crippen LogP contribution in [0, 0.1) is 0 Å². The minimum Gasteiger partial charge on any atom is -0.458 e. The minimum absolute atomic E-state index is 0.0253. The summed E-state index contributed by atoms with van der Waals surface area (Å²) in [4.78, 5) is 25.9. The monoisotopic (exact) mass is 647 g/mol. The molecule has 1 heterocycles. The Bertz CT molecular complexity index is 1340. The fraction of sp³-hybridized carbons (Fsp3) is 0.474. The van der Waals surface area contributed by atoms with Crippen molar-refractivity contribution in [2.45, 2.75) is 109 Å². The second-order valence-corrected chi connectivity index (χ2v) is 18.5. The number of carbonyl (C=O) groups is 2. The van der Waals surface area contributed by atoms with E-state index in [4.69, 9.17) is 18.6 Å². The molecule has 1 fully saturated rings. The van der Waals surface area contributed by atoms with Crippen LogP contribution in [0.5, 0.6) is 0 Å². The Morgan fingerprint density at radius 3 is 2.28 bits per heavy atom. The Hall–Kier alpha value is -3.30. The molecule has 1 N–H and O–H groups in total. The zero-order valence-electron chi connectivity index (χ0n) is 28.7. The highest BCUT2D eigenvalue weighted by Crippen LogP contribution is 2.43. The molecule has 0 bridgehead atoms. The third-order valence-corrected chi connectivity index (χ3v) is 13.6. The molecular weight excluding hydrogens is 595 g/mol. The number of amides is 1. The summed E-state index contributed by atoms with van der Waals surface area (Å²) in [5.41, 5.74) is 1.71. The minimum atomic E-state index is -2.21. The highest BCUT2D eigenvalue weighted by Gasteiger charge is 2.46. The first-order valence-corrected chi connectivity index (χ1v) is 19.1. The predicted octanol–water partition coefficient (Wildman–Crippen LogP) is 8.47. The van der Waals surface area contributed by atoms with Gasteiger partial charge in [0.2, 0.25) is 5.91 Å². The highest BCUT2D eigenvalue weighted by molar-refractivity contribution is 6.74. The van der Waals surface area contributed by atoms with Gasteiger partial charge in [0.25, 0.3) is 0 Å². The van der Waals surface area contributed by atoms with Gasteiger partial charge in [-0.3, -0.25) is 4.79 Å². The van der Waals surface area contributed by atoms with E-state index in [1.807, 2.05) is 56.3 Å². The summed E-state index contributed by atoms with van der Waals surface area (Å²) >= 11 is 0. The second-order valence-electron chi connectivity index (χ2n) is 13.8. The summed E-state index contributed by atoms with van der Waals surface area (Å²) in [5.74, 6) is -0.500. The summed E-state index contributed by atoms with van der Waals surface area (Å²) in [6, 6.07) is 18.5. The first kappa shape index (κ1) is 37.2. The number of carbonyl (C=O) groups excluding carboxylic acids is 2. The highest BCUT2D eigenvalue weighted by atomic mass is 28.4. The van der Waals surface area contributed by atoms with Gasteiger partial charge in [-0.05, 0) is 69.5 Å². The predicted molar refractivity (Wildman–Crippen MR) is 187 cm³/mol. The third kappa shape index (κ3) is 10.4. The van der Waals surface area contributed by atoms with Gasteiger partial charge in [0.1, 0.15) is 12.7 Å². The molecule has 1 aliphatic rings. The average molecular weight is 648 g/mol. The van der Waals surface area contributed by atoms with Gasteiger partial charge in [0, 0.05) is 5.56 Å². The molecule has 0 aromatic heterocycles. The normalized spacial score (nSPS) is 21.7. The SMILES string of the molecule is C=CC[C@H](NC(=O)C[C@@H](CCC1(C)OC(c2ccccc2)O[C@H]1C=C)O[Si](C)(C)C(C)(C)C)C(C)=CCOC(=O)c1ccccc1. The van der Waals surface area contributed by atoms with Crippen LogP contribution < -0.4 is 5.32 Å². The number of rotatable bonds is 16. The van der Waals surface area contributed by atoms with Crippen molar-refractivity contribution in [1.82, 2.24) is 5.32 Å². The van der Waals surface area contributed by atoms with Crippen molar-refractivity contribution in [3.05, 3.63) is 109 Å². The first-order chi connectivity index (χ1) is 21.7. The molecule has 250 valence electrons. The van der Waals surface area contributed by atoms with Crippen LogP contribution in [0.1, 0.15) is 82.5 Å². The molecule has 0 radical (unpaired) electrons. The molecule has 3 rings (SSSR count). The Morgan fingerprint density at radius 2 is 1.70 bits per heavy atom. The van der Waals surface area contributed by atoms with E-state index in [-0.39, 0.29) is 42.2 Å². The maximum absolute atomic E-state index is 13.6. The molecule has 2 aromatic carbocycles. The fourth-order valence-corrected chi connectivity index (χ4v) is 6.55. The molecule has 0 saturated carbocycles. The standard InChI is InChI=1S/C38H53NO6Si/c1-10-18-32(28(3)24-26-42-35(41)29-19-14-12-15-20-29)39-34(40)27-31(45-46(8,9)37(4,5)6)23-25-38(7)33(11-2)43-36(44-38)30-21-16-13-17-22-30/h10-17,19-22,24,31-33,36H,1-2,18,23,25-27H2,3-9H3,(H,39,40)/t31-,32+,33+,36?,38?/m1/s1. The molecule has 1 aliphatic heterocycles. The van der Waals surface area contributed by atoms with Gasteiger partial charge in [-0.2, -0.15) is 0 Å². The van der Waals surface area contributed by atoms with Crippen molar-refractivity contribution in [3.8, 4) is 0 Å². The average Bonchev–Trinajstić information content (AvgIpc) is 3.36. The molecular formula is C38H53NO6Si. The van der Waals surface area contributed by atoms with E-state index in [0.29, 0.717) is 24.8 Å². The van der Waals surface area contributed by atoms with Crippen LogP contribution in [0.15, 0.2) is 97.6 Å². The zero-order valence-corrected chi connectivity index (χ0v) is 29.7. The Balaban J connectivity index is 1.70. The van der Waals surface area contributed by atoms with Crippen molar-refractivity contribution in [3.63, 3.8) is 0 Å². The first-order valence-electron chi connectivity index (χ1n) is 16.2. The van der Waals surface area contributed by atoms with Gasteiger partial charge >= 0.3 is 5.97 Å². The van der Waals surface area contributed by atoms with Gasteiger partial charge in [0.15, 0.2) is 14.6 Å². The zero-order chi connectivity index (χ0) is 34.0. The fourth-order valence-electron chi connectivity index (χ4n) is 5.16. The van der Waals surface area contributed by atoms with E-state index in [0.717, 1.165) is 11.1 Å². The van der Waals surface area contributed by atoms with E-state index in [1.165, 1.54) is 0 Å². The number of hydrogen-bond donors (Lipinski definition) is 1. The number of benzene rings is 2. The van der Waals surface area contributed by atoms with Gasteiger partial charge in [0.05, 0.1) is 29.7 Å². The topological polar surface area (TPSA) is 83.1 Å². The molecule has 7 nitrogen and oxygen atoms in total. The molecule has 2 unspecified atom stereocenters. The van der Waals surface area contributed by atoms with E-state index >= 15 is 0 Å². The van der Waals surface area contributed by atoms with Crippen molar-refractivity contribution < 1.29 is 28.2 Å². The van der Waals surface area contributed by atoms with E-state index in [1.54, 1.807) is 36.4 Å². The van der Waals surface area contributed by atoms with Crippen molar-refractivity contribution in [2.24, 2.45) is 0 Å². The Kier molecular flexibility index (Phi) is 13.3. The smallest absolute Gasteiger partial charge is 0.338 e. The summed E-state index contributed by atoms with van der Waals surface area (Å²) in [7, 11) is -2.21. The van der Waals surface area contributed by atoms with Crippen molar-refractivity contribution >= 4 is 20.2 Å². The number of ether oxygens (including phenoxy) is 3. The van der Waals surface area contributed by atoms with Crippen LogP contribution >= 0.6 is 0 Å². The number of esters is 1. The summed E-state index contributed by atoms with van der Waals surface area (Å²) in [6.07, 6.45) is 6.28. The second kappa shape index (κ2) is 16.5. The van der Waals surface area contributed by atoms with Crippen molar-refractivity contribution in [1.29, 1.82) is 0 Å². The quantitative estimate of drug-likeness (QED) is 0.112. The lowest BCUT2D eigenvalue weighted by molar-refractivity contribution is -0.123. The van der Waals surface area contributed by atoms with E-state index in [2.05, 4.69) is 52.3 Å². The van der Waals surface area contributed by atoms with Gasteiger partial charge in [-0.1, -0.05) is 87.0 Å². The van der Waals surface area contributed by atoms with Crippen LogP contribution in [-0.2, 0) is 23.4 Å². The van der Waals surface area contributed by atoms with Crippen LogP contribution in [0.2, 0.25) is 18.1 Å². The van der Waals surface area contributed by atoms with Crippen LogP contribution in [0.25, 0.3) is 0 Å².